The van der Waals surface area contributed by atoms with Crippen LogP contribution in [0.5, 0.6) is 0 Å². The summed E-state index contributed by atoms with van der Waals surface area (Å²) in [5.74, 6) is 0. The molecule has 4 nitrogen and oxygen atoms in total. The summed E-state index contributed by atoms with van der Waals surface area (Å²) in [6.07, 6.45) is 2.80. The molecule has 0 aliphatic rings. The summed E-state index contributed by atoms with van der Waals surface area (Å²) in [6.45, 7) is 2.10. The van der Waals surface area contributed by atoms with Gasteiger partial charge in [-0.3, -0.25) is 9.36 Å². The van der Waals surface area contributed by atoms with Crippen molar-refractivity contribution < 1.29 is 0 Å². The van der Waals surface area contributed by atoms with Crippen LogP contribution >= 0.6 is 12.2 Å². The van der Waals surface area contributed by atoms with Gasteiger partial charge in [-0.25, -0.2) is 0 Å². The number of fused-ring (bicyclic) bond motifs is 1. The fourth-order valence-corrected chi connectivity index (χ4v) is 3.34. The van der Waals surface area contributed by atoms with Crippen molar-refractivity contribution in [2.45, 2.75) is 13.3 Å². The summed E-state index contributed by atoms with van der Waals surface area (Å²) in [7, 11) is 0. The zero-order valence-corrected chi connectivity index (χ0v) is 14.6. The van der Waals surface area contributed by atoms with Crippen LogP contribution in [0, 0.1) is 4.77 Å². The van der Waals surface area contributed by atoms with Crippen molar-refractivity contribution in [1.82, 2.24) is 14.5 Å². The maximum atomic E-state index is 13.0. The van der Waals surface area contributed by atoms with Crippen molar-refractivity contribution in [2.75, 3.05) is 0 Å². The number of rotatable bonds is 3. The van der Waals surface area contributed by atoms with Crippen molar-refractivity contribution in [3.05, 3.63) is 81.5 Å². The van der Waals surface area contributed by atoms with Crippen LogP contribution in [0.25, 0.3) is 27.8 Å². The van der Waals surface area contributed by atoms with Crippen molar-refractivity contribution in [2.24, 2.45) is 0 Å². The Morgan fingerprint density at radius 3 is 2.40 bits per heavy atom. The van der Waals surface area contributed by atoms with E-state index in [0.29, 0.717) is 10.3 Å². The minimum atomic E-state index is -0.148. The number of aromatic amines is 2. The molecule has 0 saturated carbocycles. The van der Waals surface area contributed by atoms with Crippen molar-refractivity contribution >= 4 is 23.3 Å². The first-order valence-electron chi connectivity index (χ1n) is 8.20. The monoisotopic (exact) mass is 347 g/mol. The number of hydrogen-bond acceptors (Lipinski definition) is 2. The van der Waals surface area contributed by atoms with E-state index in [0.717, 1.165) is 28.8 Å². The van der Waals surface area contributed by atoms with Gasteiger partial charge in [-0.1, -0.05) is 49.4 Å². The highest BCUT2D eigenvalue weighted by molar-refractivity contribution is 7.71. The molecule has 124 valence electrons. The van der Waals surface area contributed by atoms with Crippen LogP contribution < -0.4 is 5.56 Å². The van der Waals surface area contributed by atoms with Crippen molar-refractivity contribution in [3.8, 4) is 16.8 Å². The van der Waals surface area contributed by atoms with Gasteiger partial charge in [-0.05, 0) is 41.9 Å². The zero-order valence-electron chi connectivity index (χ0n) is 13.7. The summed E-state index contributed by atoms with van der Waals surface area (Å²) in [6, 6.07) is 17.8. The minimum absolute atomic E-state index is 0.148. The Bertz CT molecular complexity index is 1150. The second-order valence-corrected chi connectivity index (χ2v) is 6.30. The Morgan fingerprint density at radius 1 is 1.00 bits per heavy atom. The average Bonchev–Trinajstić information content (AvgIpc) is 3.07. The Kier molecular flexibility index (Phi) is 3.86. The molecule has 25 heavy (non-hydrogen) atoms. The fourth-order valence-electron chi connectivity index (χ4n) is 3.05. The van der Waals surface area contributed by atoms with E-state index in [4.69, 9.17) is 12.2 Å². The van der Waals surface area contributed by atoms with Gasteiger partial charge in [0, 0.05) is 11.8 Å². The van der Waals surface area contributed by atoms with Gasteiger partial charge in [-0.2, -0.15) is 0 Å². The molecule has 0 atom stereocenters. The van der Waals surface area contributed by atoms with E-state index in [2.05, 4.69) is 16.9 Å². The third kappa shape index (κ3) is 2.62. The average molecular weight is 347 g/mol. The summed E-state index contributed by atoms with van der Waals surface area (Å²) in [5.41, 5.74) is 5.07. The second kappa shape index (κ2) is 6.18. The highest BCUT2D eigenvalue weighted by atomic mass is 32.1. The highest BCUT2D eigenvalue weighted by Crippen LogP contribution is 2.25. The van der Waals surface area contributed by atoms with Gasteiger partial charge in [0.25, 0.3) is 5.56 Å². The quantitative estimate of drug-likeness (QED) is 0.532. The minimum Gasteiger partial charge on any atom is -0.355 e. The van der Waals surface area contributed by atoms with Crippen molar-refractivity contribution in [3.63, 3.8) is 0 Å². The number of nitrogens with one attached hydrogen (secondary N) is 2. The molecule has 0 bridgehead atoms. The number of H-pyrrole nitrogens is 2. The second-order valence-electron chi connectivity index (χ2n) is 5.91. The van der Waals surface area contributed by atoms with Gasteiger partial charge in [-0.15, -0.1) is 0 Å². The van der Waals surface area contributed by atoms with Gasteiger partial charge in [0.2, 0.25) is 0 Å². The lowest BCUT2D eigenvalue weighted by Gasteiger charge is -2.08. The normalized spacial score (nSPS) is 11.1. The first kappa shape index (κ1) is 15.6. The van der Waals surface area contributed by atoms with Crippen LogP contribution in [0.4, 0.5) is 0 Å². The number of aryl methyl sites for hydroxylation is 1. The molecule has 0 unspecified atom stereocenters. The fraction of sp³-hybridized carbons (Fsp3) is 0.100. The molecular formula is C20H17N3OS. The molecule has 0 radical (unpaired) electrons. The van der Waals surface area contributed by atoms with Crippen LogP contribution in [0.2, 0.25) is 0 Å². The Labute approximate surface area is 149 Å². The van der Waals surface area contributed by atoms with Crippen LogP contribution in [-0.2, 0) is 6.42 Å². The number of nitrogens with zero attached hydrogens (tertiary/aromatic N) is 1. The molecule has 5 heteroatoms. The summed E-state index contributed by atoms with van der Waals surface area (Å²) in [5, 5.41) is 0. The molecular weight excluding hydrogens is 330 g/mol. The molecule has 0 spiro atoms. The van der Waals surface area contributed by atoms with Gasteiger partial charge in [0.15, 0.2) is 4.77 Å². The standard InChI is InChI=1S/C20H17N3OS/c1-2-13-8-10-15(11-9-13)23-19(24)18-17(22-20(23)25)16(12-21-18)14-6-4-3-5-7-14/h3-12,21H,2H2,1H3,(H,22,25). The van der Waals surface area contributed by atoms with E-state index in [1.54, 1.807) is 0 Å². The summed E-state index contributed by atoms with van der Waals surface area (Å²) < 4.78 is 1.92. The smallest absolute Gasteiger partial charge is 0.283 e. The van der Waals surface area contributed by atoms with Crippen LogP contribution in [-0.4, -0.2) is 14.5 Å². The predicted molar refractivity (Wildman–Crippen MR) is 104 cm³/mol. The number of benzene rings is 2. The van der Waals surface area contributed by atoms with Gasteiger partial charge < -0.3 is 9.97 Å². The van der Waals surface area contributed by atoms with E-state index in [-0.39, 0.29) is 5.56 Å². The lowest BCUT2D eigenvalue weighted by atomic mass is 10.1. The van der Waals surface area contributed by atoms with Crippen molar-refractivity contribution in [1.29, 1.82) is 0 Å². The molecule has 0 amide bonds. The molecule has 2 aromatic heterocycles. The third-order valence-electron chi connectivity index (χ3n) is 4.42. The molecule has 4 aromatic rings. The summed E-state index contributed by atoms with van der Waals surface area (Å²) >= 11 is 5.48. The van der Waals surface area contributed by atoms with E-state index < -0.39 is 0 Å². The first-order chi connectivity index (χ1) is 12.2. The zero-order chi connectivity index (χ0) is 17.4. The topological polar surface area (TPSA) is 53.6 Å². The number of hydrogen-bond donors (Lipinski definition) is 2. The molecule has 0 aliphatic heterocycles. The van der Waals surface area contributed by atoms with Crippen LogP contribution in [0.3, 0.4) is 0 Å². The highest BCUT2D eigenvalue weighted by Gasteiger charge is 2.13. The lowest BCUT2D eigenvalue weighted by Crippen LogP contribution is -2.20. The predicted octanol–water partition coefficient (Wildman–Crippen LogP) is 4.61. The Hall–Kier alpha value is -2.92. The number of aromatic nitrogens is 3. The maximum Gasteiger partial charge on any atom is 0.283 e. The molecule has 0 fully saturated rings. The molecule has 2 N–H and O–H groups in total. The molecule has 2 heterocycles. The third-order valence-corrected chi connectivity index (χ3v) is 4.70. The van der Waals surface area contributed by atoms with E-state index >= 15 is 0 Å². The van der Waals surface area contributed by atoms with Gasteiger partial charge >= 0.3 is 0 Å². The van der Waals surface area contributed by atoms with Crippen LogP contribution in [0.1, 0.15) is 12.5 Å². The summed E-state index contributed by atoms with van der Waals surface area (Å²) in [4.78, 5) is 19.3. The lowest BCUT2D eigenvalue weighted by molar-refractivity contribution is 0.935. The van der Waals surface area contributed by atoms with Crippen LogP contribution in [0.15, 0.2) is 65.6 Å². The van der Waals surface area contributed by atoms with E-state index in [1.165, 1.54) is 10.1 Å². The molecule has 0 aliphatic carbocycles. The SMILES string of the molecule is CCc1ccc(-n2c(=S)[nH]c3c(-c4ccccc4)c[nH]c3c2=O)cc1. The van der Waals surface area contributed by atoms with E-state index in [9.17, 15) is 4.79 Å². The first-order valence-corrected chi connectivity index (χ1v) is 8.61. The molecule has 2 aromatic carbocycles. The Balaban J connectivity index is 1.94. The molecule has 0 saturated heterocycles. The largest absolute Gasteiger partial charge is 0.355 e. The maximum absolute atomic E-state index is 13.0. The van der Waals surface area contributed by atoms with E-state index in [1.807, 2.05) is 60.8 Å². The Morgan fingerprint density at radius 2 is 1.72 bits per heavy atom. The molecule has 4 rings (SSSR count). The van der Waals surface area contributed by atoms with Gasteiger partial charge in [0.1, 0.15) is 5.52 Å². The van der Waals surface area contributed by atoms with Gasteiger partial charge in [0.05, 0.1) is 11.2 Å².